The molecule has 0 aromatic heterocycles. The van der Waals surface area contributed by atoms with Crippen LogP contribution in [-0.2, 0) is 14.3 Å². The van der Waals surface area contributed by atoms with Crippen molar-refractivity contribution in [1.82, 2.24) is 5.32 Å². The number of aliphatic hydroxyl groups excluding tert-OH is 2. The molecule has 0 aliphatic heterocycles. The Balaban J connectivity index is 3.32. The van der Waals surface area contributed by atoms with E-state index in [9.17, 15) is 19.8 Å². The standard InChI is InChI=1S/C78H151NO5/c1-3-5-7-9-11-13-15-17-18-19-20-34-37-40-43-47-50-54-58-62-66-70-76(81)75(74-80)79-77(82)71-67-63-59-55-51-48-44-41-38-35-32-30-28-26-24-22-21-23-25-27-29-31-33-36-39-42-45-49-53-57-61-65-69-73-84-78(83)72-68-64-60-56-52-46-16-14-12-10-8-6-4-2/h8,10,14,16,75-76,80-81H,3-7,9,11-13,15,17-74H2,1-2H3,(H,79,82)/b10-8-,16-14-. The van der Waals surface area contributed by atoms with E-state index in [2.05, 4.69) is 43.5 Å². The predicted molar refractivity (Wildman–Crippen MR) is 370 cm³/mol. The van der Waals surface area contributed by atoms with Crippen LogP contribution in [0.3, 0.4) is 0 Å². The second-order valence-corrected chi connectivity index (χ2v) is 26.7. The van der Waals surface area contributed by atoms with Crippen molar-refractivity contribution in [3.8, 4) is 0 Å². The van der Waals surface area contributed by atoms with Crippen LogP contribution in [0, 0.1) is 0 Å². The fourth-order valence-corrected chi connectivity index (χ4v) is 12.4. The molecule has 0 rings (SSSR count). The van der Waals surface area contributed by atoms with Gasteiger partial charge in [0.25, 0.3) is 0 Å². The zero-order valence-electron chi connectivity index (χ0n) is 57.2. The summed E-state index contributed by atoms with van der Waals surface area (Å²) >= 11 is 0. The third-order valence-corrected chi connectivity index (χ3v) is 18.2. The monoisotopic (exact) mass is 1180 g/mol. The van der Waals surface area contributed by atoms with Gasteiger partial charge >= 0.3 is 5.97 Å². The molecule has 0 aromatic rings. The first-order chi connectivity index (χ1) is 41.5. The summed E-state index contributed by atoms with van der Waals surface area (Å²) in [7, 11) is 0. The molecule has 0 aliphatic carbocycles. The fourth-order valence-electron chi connectivity index (χ4n) is 12.4. The van der Waals surface area contributed by atoms with Gasteiger partial charge in [0.05, 0.1) is 25.4 Å². The van der Waals surface area contributed by atoms with Crippen LogP contribution in [0.1, 0.15) is 438 Å². The first kappa shape index (κ1) is 82.3. The Bertz CT molecular complexity index is 1320. The summed E-state index contributed by atoms with van der Waals surface area (Å²) in [6.07, 6.45) is 94.1. The summed E-state index contributed by atoms with van der Waals surface area (Å²) in [5, 5.41) is 23.5. The van der Waals surface area contributed by atoms with Gasteiger partial charge in [-0.25, -0.2) is 0 Å². The highest BCUT2D eigenvalue weighted by Crippen LogP contribution is 2.20. The molecule has 0 heterocycles. The molecule has 498 valence electrons. The highest BCUT2D eigenvalue weighted by Gasteiger charge is 2.20. The molecule has 2 unspecified atom stereocenters. The van der Waals surface area contributed by atoms with Gasteiger partial charge in [-0.15, -0.1) is 0 Å². The molecule has 2 atom stereocenters. The second kappa shape index (κ2) is 73.8. The van der Waals surface area contributed by atoms with Crippen molar-refractivity contribution in [3.63, 3.8) is 0 Å². The average Bonchev–Trinajstić information content (AvgIpc) is 3.51. The van der Waals surface area contributed by atoms with E-state index in [-0.39, 0.29) is 18.5 Å². The maximum atomic E-state index is 12.6. The molecule has 0 saturated heterocycles. The van der Waals surface area contributed by atoms with Gasteiger partial charge in [0.1, 0.15) is 0 Å². The quantitative estimate of drug-likeness (QED) is 0.0320. The first-order valence-electron chi connectivity index (χ1n) is 38.6. The average molecular weight is 1180 g/mol. The van der Waals surface area contributed by atoms with E-state index in [0.29, 0.717) is 25.9 Å². The molecule has 0 aromatic carbocycles. The van der Waals surface area contributed by atoms with Crippen molar-refractivity contribution in [1.29, 1.82) is 0 Å². The SMILES string of the molecule is CCC/C=C\C/C=C\CCCCCCCC(=O)OCCCCCCCCCCCCCCCCCCCCCCCCCCCCCCCCCCCC(=O)NC(CO)C(O)CCCCCCCCCCCCCCCCCCCCCCC. The molecule has 84 heavy (non-hydrogen) atoms. The number of ether oxygens (including phenoxy) is 1. The summed E-state index contributed by atoms with van der Waals surface area (Å²) in [5.41, 5.74) is 0. The van der Waals surface area contributed by atoms with Crippen molar-refractivity contribution in [2.24, 2.45) is 0 Å². The van der Waals surface area contributed by atoms with E-state index in [1.54, 1.807) is 0 Å². The van der Waals surface area contributed by atoms with Crippen LogP contribution < -0.4 is 5.32 Å². The molecule has 0 saturated carbocycles. The molecule has 0 bridgehead atoms. The van der Waals surface area contributed by atoms with E-state index >= 15 is 0 Å². The molecule has 6 nitrogen and oxygen atoms in total. The molecule has 0 spiro atoms. The highest BCUT2D eigenvalue weighted by atomic mass is 16.5. The van der Waals surface area contributed by atoms with E-state index in [0.717, 1.165) is 51.4 Å². The third-order valence-electron chi connectivity index (χ3n) is 18.2. The lowest BCUT2D eigenvalue weighted by atomic mass is 10.0. The Morgan fingerprint density at radius 1 is 0.333 bits per heavy atom. The minimum absolute atomic E-state index is 0.00706. The zero-order chi connectivity index (χ0) is 60.6. The van der Waals surface area contributed by atoms with Crippen LogP contribution in [0.4, 0.5) is 0 Å². The Hall–Kier alpha value is -1.66. The largest absolute Gasteiger partial charge is 0.466 e. The van der Waals surface area contributed by atoms with Gasteiger partial charge in [-0.2, -0.15) is 0 Å². The lowest BCUT2D eigenvalue weighted by molar-refractivity contribution is -0.143. The number of amides is 1. The molecule has 0 aliphatic rings. The van der Waals surface area contributed by atoms with Gasteiger partial charge in [0, 0.05) is 12.8 Å². The van der Waals surface area contributed by atoms with Gasteiger partial charge < -0.3 is 20.3 Å². The topological polar surface area (TPSA) is 95.9 Å². The molecule has 0 fully saturated rings. The third kappa shape index (κ3) is 69.4. The number of nitrogens with one attached hydrogen (secondary N) is 1. The van der Waals surface area contributed by atoms with Gasteiger partial charge in [0.15, 0.2) is 0 Å². The summed E-state index contributed by atoms with van der Waals surface area (Å²) in [5.74, 6) is -0.0179. The Morgan fingerprint density at radius 3 is 0.952 bits per heavy atom. The lowest BCUT2D eigenvalue weighted by Crippen LogP contribution is -2.45. The van der Waals surface area contributed by atoms with Crippen LogP contribution in [0.2, 0.25) is 0 Å². The minimum atomic E-state index is -0.662. The molecule has 6 heteroatoms. The zero-order valence-corrected chi connectivity index (χ0v) is 57.2. The molecule has 1 amide bonds. The van der Waals surface area contributed by atoms with E-state index in [1.165, 1.54) is 353 Å². The maximum Gasteiger partial charge on any atom is 0.305 e. The fraction of sp³-hybridized carbons (Fsp3) is 0.923. The summed E-state index contributed by atoms with van der Waals surface area (Å²) in [4.78, 5) is 24.6. The second-order valence-electron chi connectivity index (χ2n) is 26.7. The molecular weight excluding hydrogens is 1030 g/mol. The van der Waals surface area contributed by atoms with Crippen LogP contribution in [0.25, 0.3) is 0 Å². The minimum Gasteiger partial charge on any atom is -0.466 e. The summed E-state index contributed by atoms with van der Waals surface area (Å²) < 4.78 is 5.48. The van der Waals surface area contributed by atoms with Crippen LogP contribution in [-0.4, -0.2) is 47.4 Å². The normalized spacial score (nSPS) is 12.6. The number of esters is 1. The predicted octanol–water partition coefficient (Wildman–Crippen LogP) is 25.3. The summed E-state index contributed by atoms with van der Waals surface area (Å²) in [6.45, 7) is 4.93. The van der Waals surface area contributed by atoms with Crippen molar-refractivity contribution in [2.75, 3.05) is 13.2 Å². The first-order valence-corrected chi connectivity index (χ1v) is 38.6. The summed E-state index contributed by atoms with van der Waals surface area (Å²) in [6, 6.07) is -0.538. The number of carbonyl (C=O) groups is 2. The smallest absolute Gasteiger partial charge is 0.305 e. The molecular formula is C78H151NO5. The van der Waals surface area contributed by atoms with Gasteiger partial charge in [-0.05, 0) is 51.4 Å². The number of hydrogen-bond acceptors (Lipinski definition) is 5. The van der Waals surface area contributed by atoms with Gasteiger partial charge in [-0.1, -0.05) is 398 Å². The Morgan fingerprint density at radius 2 is 0.619 bits per heavy atom. The molecule has 3 N–H and O–H groups in total. The number of aliphatic hydroxyl groups is 2. The van der Waals surface area contributed by atoms with Crippen molar-refractivity contribution in [3.05, 3.63) is 24.3 Å². The van der Waals surface area contributed by atoms with Crippen LogP contribution in [0.5, 0.6) is 0 Å². The van der Waals surface area contributed by atoms with Gasteiger partial charge in [-0.3, -0.25) is 9.59 Å². The number of hydrogen-bond donors (Lipinski definition) is 3. The number of allylic oxidation sites excluding steroid dienone is 4. The van der Waals surface area contributed by atoms with E-state index in [4.69, 9.17) is 4.74 Å². The van der Waals surface area contributed by atoms with Crippen LogP contribution in [0.15, 0.2) is 24.3 Å². The van der Waals surface area contributed by atoms with Crippen molar-refractivity contribution in [2.45, 2.75) is 450 Å². The van der Waals surface area contributed by atoms with E-state index in [1.807, 2.05) is 0 Å². The molecule has 0 radical (unpaired) electrons. The maximum absolute atomic E-state index is 12.6. The lowest BCUT2D eigenvalue weighted by Gasteiger charge is -2.22. The Labute approximate surface area is 526 Å². The van der Waals surface area contributed by atoms with Gasteiger partial charge in [0.2, 0.25) is 5.91 Å². The number of rotatable bonds is 73. The number of carbonyl (C=O) groups excluding carboxylic acids is 2. The van der Waals surface area contributed by atoms with E-state index < -0.39 is 12.1 Å². The Kier molecular flexibility index (Phi) is 72.3. The number of unbranched alkanes of at least 4 members (excludes halogenated alkanes) is 58. The van der Waals surface area contributed by atoms with Crippen molar-refractivity contribution < 1.29 is 24.5 Å². The van der Waals surface area contributed by atoms with Crippen LogP contribution >= 0.6 is 0 Å². The van der Waals surface area contributed by atoms with Crippen molar-refractivity contribution >= 4 is 11.9 Å². The highest BCUT2D eigenvalue weighted by molar-refractivity contribution is 5.76.